The standard InChI is InChI=1S/C25H49N7O2/c1-17-5-6-20(29-24(34)18-7-10-27-23(14-18)32(2)12-13-33)15-22(17)31-25-28-11-8-21(30-25)19-4-3-9-26-16-19/h17-23,25-28,30-31,33H,3-16H2,1-2H3,(H,29,34). The van der Waals surface area contributed by atoms with Gasteiger partial charge in [0.05, 0.1) is 12.8 Å². The Kier molecular flexibility index (Phi) is 10.00. The average Bonchev–Trinajstić information content (AvgIpc) is 2.87. The predicted octanol–water partition coefficient (Wildman–Crippen LogP) is -0.266. The van der Waals surface area contributed by atoms with E-state index < -0.39 is 0 Å². The number of rotatable bonds is 8. The molecule has 1 saturated carbocycles. The van der Waals surface area contributed by atoms with Crippen LogP contribution in [0.15, 0.2) is 0 Å². The summed E-state index contributed by atoms with van der Waals surface area (Å²) < 4.78 is 0. The number of hydrogen-bond acceptors (Lipinski definition) is 8. The van der Waals surface area contributed by atoms with Crippen LogP contribution in [0.25, 0.3) is 0 Å². The number of carbonyl (C=O) groups is 1. The highest BCUT2D eigenvalue weighted by atomic mass is 16.3. The molecule has 34 heavy (non-hydrogen) atoms. The van der Waals surface area contributed by atoms with E-state index in [1.165, 1.54) is 19.3 Å². The zero-order chi connectivity index (χ0) is 23.9. The first-order chi connectivity index (χ1) is 16.5. The number of nitrogens with zero attached hydrogens (tertiary/aromatic N) is 1. The first kappa shape index (κ1) is 26.3. The summed E-state index contributed by atoms with van der Waals surface area (Å²) in [5, 5.41) is 31.0. The first-order valence-electron chi connectivity index (χ1n) is 13.8. The molecule has 0 aromatic rings. The van der Waals surface area contributed by atoms with Crippen molar-refractivity contribution >= 4 is 5.91 Å². The minimum atomic E-state index is 0.0460. The minimum absolute atomic E-state index is 0.0460. The third-order valence-electron chi connectivity index (χ3n) is 8.75. The second kappa shape index (κ2) is 12.9. The summed E-state index contributed by atoms with van der Waals surface area (Å²) in [5.41, 5.74) is 0. The van der Waals surface area contributed by atoms with E-state index >= 15 is 0 Å². The molecule has 7 N–H and O–H groups in total. The molecule has 0 aromatic heterocycles. The van der Waals surface area contributed by atoms with Crippen LogP contribution in [0.5, 0.6) is 0 Å². The molecule has 1 amide bonds. The lowest BCUT2D eigenvalue weighted by atomic mass is 9.82. The average molecular weight is 480 g/mol. The molecule has 3 heterocycles. The van der Waals surface area contributed by atoms with Crippen molar-refractivity contribution in [3.63, 3.8) is 0 Å². The molecular formula is C25H49N7O2. The number of nitrogens with one attached hydrogen (secondary N) is 6. The van der Waals surface area contributed by atoms with Gasteiger partial charge in [-0.05, 0) is 96.4 Å². The molecule has 0 aromatic carbocycles. The largest absolute Gasteiger partial charge is 0.395 e. The summed E-state index contributed by atoms with van der Waals surface area (Å²) in [4.78, 5) is 15.2. The Balaban J connectivity index is 1.25. The second-order valence-electron chi connectivity index (χ2n) is 11.2. The molecule has 4 aliphatic rings. The summed E-state index contributed by atoms with van der Waals surface area (Å²) in [7, 11) is 2.01. The van der Waals surface area contributed by atoms with E-state index in [-0.39, 0.29) is 36.9 Å². The van der Waals surface area contributed by atoms with Crippen LogP contribution in [0.4, 0.5) is 0 Å². The topological polar surface area (TPSA) is 113 Å². The van der Waals surface area contributed by atoms with E-state index in [2.05, 4.69) is 43.7 Å². The van der Waals surface area contributed by atoms with Gasteiger partial charge >= 0.3 is 0 Å². The van der Waals surface area contributed by atoms with E-state index in [1.54, 1.807) is 0 Å². The molecule has 0 spiro atoms. The fraction of sp³-hybridized carbons (Fsp3) is 0.960. The van der Waals surface area contributed by atoms with Crippen LogP contribution >= 0.6 is 0 Å². The van der Waals surface area contributed by atoms with Crippen molar-refractivity contribution in [1.29, 1.82) is 0 Å². The third-order valence-corrected chi connectivity index (χ3v) is 8.75. The van der Waals surface area contributed by atoms with Crippen LogP contribution in [-0.4, -0.2) is 92.9 Å². The van der Waals surface area contributed by atoms with Crippen LogP contribution in [0.2, 0.25) is 0 Å². The van der Waals surface area contributed by atoms with Gasteiger partial charge < -0.3 is 21.1 Å². The summed E-state index contributed by atoms with van der Waals surface area (Å²) in [5.74, 6) is 1.58. The number of aliphatic hydroxyl groups excluding tert-OH is 1. The minimum Gasteiger partial charge on any atom is -0.395 e. The Labute approximate surface area is 205 Å². The summed E-state index contributed by atoms with van der Waals surface area (Å²) >= 11 is 0. The molecule has 4 fully saturated rings. The van der Waals surface area contributed by atoms with Gasteiger partial charge in [-0.2, -0.15) is 0 Å². The highest BCUT2D eigenvalue weighted by molar-refractivity contribution is 5.79. The Bertz CT molecular complexity index is 632. The number of aliphatic hydroxyl groups is 1. The number of hydrogen-bond donors (Lipinski definition) is 7. The van der Waals surface area contributed by atoms with Gasteiger partial charge in [-0.3, -0.25) is 25.6 Å². The molecule has 3 aliphatic heterocycles. The highest BCUT2D eigenvalue weighted by Gasteiger charge is 2.35. The number of likely N-dealkylation sites (N-methyl/N-ethyl adjacent to an activating group) is 1. The molecule has 9 nitrogen and oxygen atoms in total. The summed E-state index contributed by atoms with van der Waals surface area (Å²) in [6.07, 6.45) is 8.97. The lowest BCUT2D eigenvalue weighted by molar-refractivity contribution is -0.127. The van der Waals surface area contributed by atoms with Gasteiger partial charge in [0.25, 0.3) is 0 Å². The summed E-state index contributed by atoms with van der Waals surface area (Å²) in [6.45, 7) is 7.30. The van der Waals surface area contributed by atoms with Crippen molar-refractivity contribution in [3.05, 3.63) is 0 Å². The Morgan fingerprint density at radius 2 is 1.91 bits per heavy atom. The van der Waals surface area contributed by atoms with E-state index in [0.717, 1.165) is 64.2 Å². The normalized spacial score (nSPS) is 39.6. The SMILES string of the molecule is CC1CCC(NC(=O)C2CCNC(N(C)CCO)C2)CC1NC1NCCC(C2CCCNC2)N1. The monoisotopic (exact) mass is 479 g/mol. The van der Waals surface area contributed by atoms with Gasteiger partial charge in [0.2, 0.25) is 5.91 Å². The van der Waals surface area contributed by atoms with Crippen LogP contribution in [0.1, 0.15) is 58.3 Å². The van der Waals surface area contributed by atoms with Gasteiger partial charge in [0, 0.05) is 30.6 Å². The molecule has 3 saturated heterocycles. The van der Waals surface area contributed by atoms with Crippen molar-refractivity contribution in [3.8, 4) is 0 Å². The molecule has 1 aliphatic carbocycles. The maximum absolute atomic E-state index is 13.1. The Morgan fingerprint density at radius 3 is 2.71 bits per heavy atom. The van der Waals surface area contributed by atoms with Gasteiger partial charge in [0.1, 0.15) is 6.29 Å². The number of amides is 1. The lowest BCUT2D eigenvalue weighted by Crippen LogP contribution is -2.66. The van der Waals surface area contributed by atoms with Crippen molar-refractivity contribution in [1.82, 2.24) is 36.8 Å². The van der Waals surface area contributed by atoms with Crippen LogP contribution < -0.4 is 31.9 Å². The fourth-order valence-corrected chi connectivity index (χ4v) is 6.44. The van der Waals surface area contributed by atoms with Crippen LogP contribution in [0, 0.1) is 17.8 Å². The molecular weight excluding hydrogens is 430 g/mol. The maximum Gasteiger partial charge on any atom is 0.223 e. The van der Waals surface area contributed by atoms with Crippen molar-refractivity contribution in [2.45, 2.75) is 88.9 Å². The molecule has 196 valence electrons. The zero-order valence-electron chi connectivity index (χ0n) is 21.3. The molecule has 4 rings (SSSR count). The third kappa shape index (κ3) is 7.12. The summed E-state index contributed by atoms with van der Waals surface area (Å²) in [6, 6.07) is 1.20. The lowest BCUT2D eigenvalue weighted by Gasteiger charge is -2.43. The number of piperidine rings is 2. The van der Waals surface area contributed by atoms with Gasteiger partial charge in [-0.25, -0.2) is 0 Å². The highest BCUT2D eigenvalue weighted by Crippen LogP contribution is 2.27. The second-order valence-corrected chi connectivity index (χ2v) is 11.2. The quantitative estimate of drug-likeness (QED) is 0.255. The first-order valence-corrected chi connectivity index (χ1v) is 13.8. The fourth-order valence-electron chi connectivity index (χ4n) is 6.44. The molecule has 8 unspecified atom stereocenters. The molecule has 8 atom stereocenters. The maximum atomic E-state index is 13.1. The van der Waals surface area contributed by atoms with E-state index in [4.69, 9.17) is 0 Å². The van der Waals surface area contributed by atoms with Gasteiger partial charge in [0.15, 0.2) is 0 Å². The predicted molar refractivity (Wildman–Crippen MR) is 135 cm³/mol. The number of carbonyl (C=O) groups excluding carboxylic acids is 1. The van der Waals surface area contributed by atoms with E-state index in [1.807, 2.05) is 7.05 Å². The molecule has 0 radical (unpaired) electrons. The molecule has 0 bridgehead atoms. The zero-order valence-corrected chi connectivity index (χ0v) is 21.3. The Morgan fingerprint density at radius 1 is 1.06 bits per heavy atom. The van der Waals surface area contributed by atoms with Crippen LogP contribution in [-0.2, 0) is 4.79 Å². The Hall–Kier alpha value is -0.810. The van der Waals surface area contributed by atoms with Crippen molar-refractivity contribution < 1.29 is 9.90 Å². The van der Waals surface area contributed by atoms with E-state index in [9.17, 15) is 9.90 Å². The van der Waals surface area contributed by atoms with Crippen molar-refractivity contribution in [2.75, 3.05) is 46.4 Å². The van der Waals surface area contributed by atoms with Gasteiger partial charge in [-0.15, -0.1) is 0 Å². The van der Waals surface area contributed by atoms with Crippen molar-refractivity contribution in [2.24, 2.45) is 17.8 Å². The van der Waals surface area contributed by atoms with Gasteiger partial charge in [-0.1, -0.05) is 6.92 Å². The smallest absolute Gasteiger partial charge is 0.223 e. The molecule has 9 heteroatoms. The van der Waals surface area contributed by atoms with E-state index in [0.29, 0.717) is 24.5 Å². The van der Waals surface area contributed by atoms with Crippen LogP contribution in [0.3, 0.4) is 0 Å².